The SMILES string of the molecule is CC[n+]1ccc2c(c(I)cn2CCOC)c1Cl.[I-]. The molecule has 0 saturated heterocycles. The Morgan fingerprint density at radius 3 is 2.83 bits per heavy atom. The summed E-state index contributed by atoms with van der Waals surface area (Å²) in [6, 6.07) is 2.11. The number of pyridine rings is 1. The minimum Gasteiger partial charge on any atom is -1.00 e. The number of hydrogen-bond donors (Lipinski definition) is 0. The molecule has 100 valence electrons. The molecule has 6 heteroatoms. The molecule has 3 nitrogen and oxygen atoms in total. The summed E-state index contributed by atoms with van der Waals surface area (Å²) in [6.45, 7) is 4.53. The van der Waals surface area contributed by atoms with E-state index in [9.17, 15) is 0 Å². The summed E-state index contributed by atoms with van der Waals surface area (Å²) in [5.74, 6) is 0. The molecule has 0 amide bonds. The molecule has 2 aromatic rings. The van der Waals surface area contributed by atoms with Crippen LogP contribution in [0, 0.1) is 3.57 Å². The second kappa shape index (κ2) is 7.25. The van der Waals surface area contributed by atoms with Crippen molar-refractivity contribution in [2.24, 2.45) is 0 Å². The van der Waals surface area contributed by atoms with Crippen LogP contribution in [0.2, 0.25) is 5.15 Å². The molecule has 0 fully saturated rings. The van der Waals surface area contributed by atoms with Gasteiger partial charge in [0, 0.05) is 29.5 Å². The maximum absolute atomic E-state index is 6.41. The number of fused-ring (bicyclic) bond motifs is 1. The largest absolute Gasteiger partial charge is 1.00 e. The first-order chi connectivity index (χ1) is 8.19. The van der Waals surface area contributed by atoms with Gasteiger partial charge in [0.1, 0.15) is 6.54 Å². The van der Waals surface area contributed by atoms with Gasteiger partial charge in [0.05, 0.1) is 17.5 Å². The van der Waals surface area contributed by atoms with Crippen molar-refractivity contribution in [3.8, 4) is 0 Å². The summed E-state index contributed by atoms with van der Waals surface area (Å²) in [7, 11) is 1.72. The van der Waals surface area contributed by atoms with E-state index in [4.69, 9.17) is 16.3 Å². The van der Waals surface area contributed by atoms with Crippen molar-refractivity contribution < 1.29 is 33.3 Å². The van der Waals surface area contributed by atoms with E-state index in [1.54, 1.807) is 7.11 Å². The molecule has 0 aliphatic heterocycles. The summed E-state index contributed by atoms with van der Waals surface area (Å²) in [6.07, 6.45) is 4.15. The van der Waals surface area contributed by atoms with Gasteiger partial charge < -0.3 is 33.3 Å². The van der Waals surface area contributed by atoms with Gasteiger partial charge in [-0.25, -0.2) is 0 Å². The van der Waals surface area contributed by atoms with Crippen LogP contribution in [-0.2, 0) is 17.8 Å². The number of methoxy groups -OCH3 is 1. The molecular formula is C12H15ClI2N2O. The number of aryl methyl sites for hydroxylation is 1. The van der Waals surface area contributed by atoms with E-state index in [1.165, 1.54) is 9.09 Å². The van der Waals surface area contributed by atoms with Crippen molar-refractivity contribution in [1.29, 1.82) is 0 Å². The van der Waals surface area contributed by atoms with Crippen LogP contribution >= 0.6 is 34.2 Å². The Bertz CT molecular complexity index is 542. The molecule has 2 aromatic heterocycles. The van der Waals surface area contributed by atoms with E-state index in [-0.39, 0.29) is 24.0 Å². The fraction of sp³-hybridized carbons (Fsp3) is 0.417. The van der Waals surface area contributed by atoms with Crippen LogP contribution in [0.15, 0.2) is 18.5 Å². The topological polar surface area (TPSA) is 18.0 Å². The molecule has 18 heavy (non-hydrogen) atoms. The van der Waals surface area contributed by atoms with Crippen molar-refractivity contribution in [2.75, 3.05) is 13.7 Å². The Kier molecular flexibility index (Phi) is 6.63. The Morgan fingerprint density at radius 2 is 2.22 bits per heavy atom. The van der Waals surface area contributed by atoms with Crippen LogP contribution in [0.4, 0.5) is 0 Å². The molecule has 0 unspecified atom stereocenters. The number of rotatable bonds is 4. The maximum Gasteiger partial charge on any atom is 0.285 e. The highest BCUT2D eigenvalue weighted by Gasteiger charge is 2.17. The van der Waals surface area contributed by atoms with Gasteiger partial charge in [0.15, 0.2) is 6.20 Å². The maximum atomic E-state index is 6.41. The summed E-state index contributed by atoms with van der Waals surface area (Å²) >= 11 is 8.74. The lowest BCUT2D eigenvalue weighted by Gasteiger charge is -2.04. The van der Waals surface area contributed by atoms with Gasteiger partial charge >= 0.3 is 0 Å². The lowest BCUT2D eigenvalue weighted by molar-refractivity contribution is -0.690. The van der Waals surface area contributed by atoms with E-state index in [0.717, 1.165) is 23.6 Å². The number of nitrogens with zero attached hydrogens (tertiary/aromatic N) is 2. The Balaban J connectivity index is 0.00000162. The fourth-order valence-electron chi connectivity index (χ4n) is 1.91. The first-order valence-electron chi connectivity index (χ1n) is 5.54. The number of hydrogen-bond acceptors (Lipinski definition) is 1. The van der Waals surface area contributed by atoms with Gasteiger partial charge in [-0.15, -0.1) is 0 Å². The summed E-state index contributed by atoms with van der Waals surface area (Å²) in [5.41, 5.74) is 1.17. The minimum absolute atomic E-state index is 0. The molecule has 0 aliphatic rings. The third-order valence-electron chi connectivity index (χ3n) is 2.82. The Labute approximate surface area is 143 Å². The molecular weight excluding hydrogens is 477 g/mol. The number of halogens is 3. The minimum atomic E-state index is 0. The first-order valence-corrected chi connectivity index (χ1v) is 7.00. The average molecular weight is 493 g/mol. The Morgan fingerprint density at radius 1 is 1.50 bits per heavy atom. The summed E-state index contributed by atoms with van der Waals surface area (Å²) in [5, 5.41) is 1.94. The van der Waals surface area contributed by atoms with Crippen LogP contribution in [0.3, 0.4) is 0 Å². The van der Waals surface area contributed by atoms with Gasteiger partial charge in [-0.05, 0) is 41.1 Å². The van der Waals surface area contributed by atoms with Crippen molar-refractivity contribution in [3.63, 3.8) is 0 Å². The molecule has 2 rings (SSSR count). The summed E-state index contributed by atoms with van der Waals surface area (Å²) in [4.78, 5) is 0. The molecule has 0 bridgehead atoms. The lowest BCUT2D eigenvalue weighted by atomic mass is 10.3. The normalized spacial score (nSPS) is 10.7. The van der Waals surface area contributed by atoms with Crippen LogP contribution in [0.1, 0.15) is 6.92 Å². The van der Waals surface area contributed by atoms with E-state index >= 15 is 0 Å². The standard InChI is InChI=1S/C12H15ClIN2O.HI/c1-3-15-5-4-10-11(12(15)13)9(14)8-16(10)6-7-17-2;/h4-5,8H,3,6-7H2,1-2H3;1H/q+1;/p-1. The van der Waals surface area contributed by atoms with Crippen LogP contribution in [-0.4, -0.2) is 18.3 Å². The summed E-state index contributed by atoms with van der Waals surface area (Å²) < 4.78 is 10.5. The third-order valence-corrected chi connectivity index (χ3v) is 4.05. The first kappa shape index (κ1) is 16.5. The molecule has 0 atom stereocenters. The van der Waals surface area contributed by atoms with E-state index in [2.05, 4.69) is 46.3 Å². The van der Waals surface area contributed by atoms with E-state index in [1.807, 2.05) is 10.8 Å². The van der Waals surface area contributed by atoms with E-state index in [0.29, 0.717) is 6.61 Å². The van der Waals surface area contributed by atoms with Crippen molar-refractivity contribution in [2.45, 2.75) is 20.0 Å². The molecule has 2 heterocycles. The predicted molar refractivity (Wildman–Crippen MR) is 77.4 cm³/mol. The highest BCUT2D eigenvalue weighted by molar-refractivity contribution is 14.1. The zero-order valence-electron chi connectivity index (χ0n) is 10.3. The van der Waals surface area contributed by atoms with Gasteiger partial charge in [-0.3, -0.25) is 0 Å². The smallest absolute Gasteiger partial charge is 0.285 e. The second-order valence-electron chi connectivity index (χ2n) is 3.82. The highest BCUT2D eigenvalue weighted by atomic mass is 127. The molecule has 0 N–H and O–H groups in total. The van der Waals surface area contributed by atoms with E-state index < -0.39 is 0 Å². The van der Waals surface area contributed by atoms with Crippen molar-refractivity contribution >= 4 is 45.1 Å². The quantitative estimate of drug-likeness (QED) is 0.330. The molecule has 0 radical (unpaired) electrons. The van der Waals surface area contributed by atoms with Crippen molar-refractivity contribution in [3.05, 3.63) is 27.2 Å². The van der Waals surface area contributed by atoms with Crippen LogP contribution in [0.5, 0.6) is 0 Å². The van der Waals surface area contributed by atoms with Gasteiger partial charge in [-0.2, -0.15) is 4.57 Å². The fourth-order valence-corrected chi connectivity index (χ4v) is 3.31. The van der Waals surface area contributed by atoms with Crippen LogP contribution in [0.25, 0.3) is 10.9 Å². The van der Waals surface area contributed by atoms with Gasteiger partial charge in [-0.1, -0.05) is 0 Å². The number of ether oxygens (including phenoxy) is 1. The van der Waals surface area contributed by atoms with Gasteiger partial charge in [0.2, 0.25) is 0 Å². The third kappa shape index (κ3) is 3.10. The molecule has 0 aromatic carbocycles. The highest BCUT2D eigenvalue weighted by Crippen LogP contribution is 2.27. The number of aromatic nitrogens is 2. The zero-order chi connectivity index (χ0) is 12.4. The zero-order valence-corrected chi connectivity index (χ0v) is 15.4. The average Bonchev–Trinajstić information content (AvgIpc) is 2.65. The Hall–Kier alpha value is 0.400. The van der Waals surface area contributed by atoms with Gasteiger partial charge in [0.25, 0.3) is 5.15 Å². The second-order valence-corrected chi connectivity index (χ2v) is 5.34. The monoisotopic (exact) mass is 492 g/mol. The van der Waals surface area contributed by atoms with Crippen molar-refractivity contribution in [1.82, 2.24) is 4.57 Å². The molecule has 0 saturated carbocycles. The van der Waals surface area contributed by atoms with Crippen LogP contribution < -0.4 is 28.5 Å². The predicted octanol–water partition coefficient (Wildman–Crippen LogP) is -0.143. The lowest BCUT2D eigenvalue weighted by Crippen LogP contribution is -3.00. The molecule has 0 aliphatic carbocycles. The molecule has 0 spiro atoms.